The Hall–Kier alpha value is -1.13. The molecule has 80 valence electrons. The van der Waals surface area contributed by atoms with Gasteiger partial charge in [-0.05, 0) is 16.7 Å². The summed E-state index contributed by atoms with van der Waals surface area (Å²) in [5.41, 5.74) is 8.42. The minimum absolute atomic E-state index is 0.162. The van der Waals surface area contributed by atoms with Gasteiger partial charge in [-0.15, -0.1) is 0 Å². The van der Waals surface area contributed by atoms with Gasteiger partial charge >= 0.3 is 0 Å². The van der Waals surface area contributed by atoms with Crippen molar-refractivity contribution in [1.29, 1.82) is 0 Å². The van der Waals surface area contributed by atoms with Crippen molar-refractivity contribution in [2.45, 2.75) is 6.54 Å². The van der Waals surface area contributed by atoms with Crippen LogP contribution in [0.4, 0.5) is 0 Å². The molecule has 0 amide bonds. The maximum atomic E-state index is 11.3. The van der Waals surface area contributed by atoms with E-state index in [2.05, 4.69) is 0 Å². The van der Waals surface area contributed by atoms with Crippen LogP contribution in [0.15, 0.2) is 30.3 Å². The number of hydrogen-bond donors (Lipinski definition) is 1. The van der Waals surface area contributed by atoms with Crippen LogP contribution >= 0.6 is 0 Å². The van der Waals surface area contributed by atoms with E-state index in [0.717, 1.165) is 16.7 Å². The van der Waals surface area contributed by atoms with Crippen LogP contribution in [0.5, 0.6) is 0 Å². The summed E-state index contributed by atoms with van der Waals surface area (Å²) in [6, 6.07) is 7.71. The van der Waals surface area contributed by atoms with Gasteiger partial charge in [0, 0.05) is 6.54 Å². The molecular weight excluding hydrogens is 210 g/mol. The molecular formula is C11H13NO2S. The summed E-state index contributed by atoms with van der Waals surface area (Å²) in [4.78, 5) is 0. The second kappa shape index (κ2) is 3.79. The molecule has 4 heteroatoms. The summed E-state index contributed by atoms with van der Waals surface area (Å²) in [5, 5.41) is 0. The highest BCUT2D eigenvalue weighted by Crippen LogP contribution is 2.22. The van der Waals surface area contributed by atoms with Crippen LogP contribution in [-0.4, -0.2) is 19.9 Å². The zero-order chi connectivity index (χ0) is 10.9. The molecule has 0 unspecified atom stereocenters. The molecule has 1 aliphatic heterocycles. The van der Waals surface area contributed by atoms with Gasteiger partial charge in [-0.1, -0.05) is 30.3 Å². The summed E-state index contributed by atoms with van der Waals surface area (Å²) in [7, 11) is -2.88. The first kappa shape index (κ1) is 10.4. The van der Waals surface area contributed by atoms with E-state index in [4.69, 9.17) is 5.73 Å². The van der Waals surface area contributed by atoms with E-state index in [1.54, 1.807) is 6.08 Å². The summed E-state index contributed by atoms with van der Waals surface area (Å²) in [5.74, 6) is 0.329. The van der Waals surface area contributed by atoms with E-state index in [-0.39, 0.29) is 11.5 Å². The van der Waals surface area contributed by atoms with Crippen molar-refractivity contribution in [2.75, 3.05) is 11.5 Å². The Morgan fingerprint density at radius 3 is 2.33 bits per heavy atom. The Balaban J connectivity index is 2.25. The predicted molar refractivity (Wildman–Crippen MR) is 61.0 cm³/mol. The Labute approximate surface area is 89.5 Å². The minimum Gasteiger partial charge on any atom is -0.326 e. The lowest BCUT2D eigenvalue weighted by molar-refractivity contribution is 0.603. The Morgan fingerprint density at radius 1 is 1.20 bits per heavy atom. The Kier molecular flexibility index (Phi) is 2.63. The molecule has 0 atom stereocenters. The van der Waals surface area contributed by atoms with Gasteiger partial charge in [0.25, 0.3) is 0 Å². The number of nitrogens with two attached hydrogens (primary N) is 1. The van der Waals surface area contributed by atoms with Gasteiger partial charge in [0.15, 0.2) is 9.84 Å². The highest BCUT2D eigenvalue weighted by Gasteiger charge is 2.20. The third-order valence-corrected chi connectivity index (χ3v) is 3.94. The van der Waals surface area contributed by atoms with E-state index >= 15 is 0 Å². The van der Waals surface area contributed by atoms with E-state index in [0.29, 0.717) is 6.54 Å². The fraction of sp³-hybridized carbons (Fsp3) is 0.273. The van der Waals surface area contributed by atoms with Gasteiger partial charge in [-0.2, -0.15) is 0 Å². The quantitative estimate of drug-likeness (QED) is 0.812. The zero-order valence-electron chi connectivity index (χ0n) is 8.31. The van der Waals surface area contributed by atoms with Crippen LogP contribution in [0.1, 0.15) is 11.1 Å². The fourth-order valence-corrected chi connectivity index (χ4v) is 2.97. The molecule has 0 spiro atoms. The average Bonchev–Trinajstić information content (AvgIpc) is 2.59. The maximum Gasteiger partial charge on any atom is 0.158 e. The molecule has 0 saturated carbocycles. The smallest absolute Gasteiger partial charge is 0.158 e. The molecule has 1 aromatic rings. The normalized spacial score (nSPS) is 18.9. The van der Waals surface area contributed by atoms with Crippen molar-refractivity contribution in [3.8, 4) is 0 Å². The van der Waals surface area contributed by atoms with Crippen molar-refractivity contribution in [3.05, 3.63) is 41.5 Å². The maximum absolute atomic E-state index is 11.3. The molecule has 1 heterocycles. The third-order valence-electron chi connectivity index (χ3n) is 2.52. The van der Waals surface area contributed by atoms with Crippen molar-refractivity contribution in [2.24, 2.45) is 5.73 Å². The van der Waals surface area contributed by atoms with E-state index in [1.165, 1.54) is 0 Å². The van der Waals surface area contributed by atoms with Crippen LogP contribution in [0.25, 0.3) is 5.57 Å². The number of rotatable bonds is 2. The summed E-state index contributed by atoms with van der Waals surface area (Å²) in [6.45, 7) is 0.512. The number of sulfone groups is 1. The van der Waals surface area contributed by atoms with Crippen LogP contribution in [0.2, 0.25) is 0 Å². The molecule has 1 aromatic carbocycles. The molecule has 3 nitrogen and oxygen atoms in total. The molecule has 0 radical (unpaired) electrons. The van der Waals surface area contributed by atoms with Gasteiger partial charge in [-0.3, -0.25) is 0 Å². The van der Waals surface area contributed by atoms with Crippen molar-refractivity contribution >= 4 is 15.4 Å². The zero-order valence-corrected chi connectivity index (χ0v) is 9.13. The Bertz CT molecular complexity index is 486. The summed E-state index contributed by atoms with van der Waals surface area (Å²) < 4.78 is 22.5. The number of benzene rings is 1. The van der Waals surface area contributed by atoms with Crippen LogP contribution in [0, 0.1) is 0 Å². The molecule has 0 fully saturated rings. The molecule has 1 aliphatic rings. The van der Waals surface area contributed by atoms with Crippen LogP contribution in [-0.2, 0) is 16.4 Å². The molecule has 15 heavy (non-hydrogen) atoms. The van der Waals surface area contributed by atoms with Crippen LogP contribution < -0.4 is 5.73 Å². The largest absolute Gasteiger partial charge is 0.326 e. The SMILES string of the molecule is NCc1ccc(C2=CCS(=O)(=O)C2)cc1. The topological polar surface area (TPSA) is 60.2 Å². The lowest BCUT2D eigenvalue weighted by Gasteiger charge is -2.02. The molecule has 0 saturated heterocycles. The summed E-state index contributed by atoms with van der Waals surface area (Å²) >= 11 is 0. The minimum atomic E-state index is -2.88. The first-order chi connectivity index (χ1) is 7.11. The molecule has 0 aromatic heterocycles. The van der Waals surface area contributed by atoms with E-state index < -0.39 is 9.84 Å². The second-order valence-corrected chi connectivity index (χ2v) is 5.79. The van der Waals surface area contributed by atoms with E-state index in [9.17, 15) is 8.42 Å². The monoisotopic (exact) mass is 223 g/mol. The molecule has 0 bridgehead atoms. The van der Waals surface area contributed by atoms with Gasteiger partial charge < -0.3 is 5.73 Å². The first-order valence-corrected chi connectivity index (χ1v) is 6.62. The highest BCUT2D eigenvalue weighted by atomic mass is 32.2. The van der Waals surface area contributed by atoms with Gasteiger partial charge in [0.1, 0.15) is 0 Å². The van der Waals surface area contributed by atoms with Gasteiger partial charge in [-0.25, -0.2) is 8.42 Å². The van der Waals surface area contributed by atoms with Crippen molar-refractivity contribution < 1.29 is 8.42 Å². The van der Waals surface area contributed by atoms with Gasteiger partial charge in [0.05, 0.1) is 11.5 Å². The third kappa shape index (κ3) is 2.27. The lowest BCUT2D eigenvalue weighted by Crippen LogP contribution is -2.02. The first-order valence-electron chi connectivity index (χ1n) is 4.79. The second-order valence-electron chi connectivity index (χ2n) is 3.68. The lowest BCUT2D eigenvalue weighted by atomic mass is 10.1. The van der Waals surface area contributed by atoms with Crippen molar-refractivity contribution in [1.82, 2.24) is 0 Å². The van der Waals surface area contributed by atoms with Gasteiger partial charge in [0.2, 0.25) is 0 Å². The standard InChI is InChI=1S/C11H13NO2S/c12-7-9-1-3-10(4-2-9)11-5-6-15(13,14)8-11/h1-5H,6-8,12H2. The molecule has 0 aliphatic carbocycles. The molecule has 2 N–H and O–H groups in total. The fourth-order valence-electron chi connectivity index (χ4n) is 1.64. The average molecular weight is 223 g/mol. The van der Waals surface area contributed by atoms with Crippen LogP contribution in [0.3, 0.4) is 0 Å². The predicted octanol–water partition coefficient (Wildman–Crippen LogP) is 0.957. The van der Waals surface area contributed by atoms with Crippen molar-refractivity contribution in [3.63, 3.8) is 0 Å². The highest BCUT2D eigenvalue weighted by molar-refractivity contribution is 7.92. The van der Waals surface area contributed by atoms with E-state index in [1.807, 2.05) is 24.3 Å². The Morgan fingerprint density at radius 2 is 1.87 bits per heavy atom. The number of hydrogen-bond acceptors (Lipinski definition) is 3. The molecule has 2 rings (SSSR count). The summed E-state index contributed by atoms with van der Waals surface area (Å²) in [6.07, 6.45) is 1.78.